The molecule has 0 saturated carbocycles. The number of alkyl halides is 3. The molecule has 0 spiro atoms. The summed E-state index contributed by atoms with van der Waals surface area (Å²) in [5.41, 5.74) is 1.03. The molecule has 0 heterocycles. The van der Waals surface area contributed by atoms with Gasteiger partial charge in [0.15, 0.2) is 3.79 Å². The predicted molar refractivity (Wildman–Crippen MR) is 65.3 cm³/mol. The van der Waals surface area contributed by atoms with Gasteiger partial charge in [0.2, 0.25) is 0 Å². The Morgan fingerprint density at radius 2 is 1.80 bits per heavy atom. The van der Waals surface area contributed by atoms with Crippen molar-refractivity contribution in [1.82, 2.24) is 0 Å². The van der Waals surface area contributed by atoms with Crippen LogP contribution in [0.5, 0.6) is 0 Å². The normalized spacial score (nSPS) is 11.7. The monoisotopic (exact) mass is 265 g/mol. The highest BCUT2D eigenvalue weighted by Crippen LogP contribution is 2.31. The van der Waals surface area contributed by atoms with E-state index in [1.54, 1.807) is 6.61 Å². The average molecular weight is 267 g/mol. The molecule has 83 valence electrons. The topological polar surface area (TPSA) is 9.23 Å². The zero-order valence-corrected chi connectivity index (χ0v) is 10.4. The Bertz CT molecular complexity index is 269. The maximum Gasteiger partial charge on any atom is 0.190 e. The smallest absolute Gasteiger partial charge is 0.190 e. The van der Waals surface area contributed by atoms with Crippen molar-refractivity contribution in [3.8, 4) is 0 Å². The van der Waals surface area contributed by atoms with Gasteiger partial charge in [0.25, 0.3) is 0 Å². The van der Waals surface area contributed by atoms with Crippen LogP contribution in [0.4, 0.5) is 0 Å². The van der Waals surface area contributed by atoms with Gasteiger partial charge in [-0.1, -0.05) is 65.1 Å². The molecular weight excluding hydrogens is 254 g/mol. The second-order valence-electron chi connectivity index (χ2n) is 3.12. The molecule has 1 aromatic rings. The third-order valence-electron chi connectivity index (χ3n) is 1.74. The molecule has 0 aliphatic carbocycles. The van der Waals surface area contributed by atoms with Gasteiger partial charge in [-0.3, -0.25) is 0 Å². The molecule has 1 nitrogen and oxygen atoms in total. The first-order valence-electron chi connectivity index (χ1n) is 4.64. The number of hydrogen-bond acceptors (Lipinski definition) is 1. The first-order chi connectivity index (χ1) is 7.08. The Morgan fingerprint density at radius 1 is 1.13 bits per heavy atom. The molecular formula is C11H12Cl3O. The highest BCUT2D eigenvalue weighted by Gasteiger charge is 2.18. The van der Waals surface area contributed by atoms with E-state index in [0.29, 0.717) is 13.0 Å². The molecule has 0 aliphatic heterocycles. The van der Waals surface area contributed by atoms with Crippen LogP contribution in [0, 0.1) is 6.61 Å². The van der Waals surface area contributed by atoms with Crippen molar-refractivity contribution in [2.24, 2.45) is 0 Å². The fraction of sp³-hybridized carbons (Fsp3) is 0.364. The Hall–Kier alpha value is 0.0500. The minimum absolute atomic E-state index is 0.500. The van der Waals surface area contributed by atoms with E-state index in [0.717, 1.165) is 12.0 Å². The number of benzene rings is 1. The molecule has 15 heavy (non-hydrogen) atoms. The maximum absolute atomic E-state index is 5.59. The van der Waals surface area contributed by atoms with Crippen molar-refractivity contribution < 1.29 is 4.74 Å². The van der Waals surface area contributed by atoms with Gasteiger partial charge in [-0.05, 0) is 18.4 Å². The number of halogens is 3. The highest BCUT2D eigenvalue weighted by molar-refractivity contribution is 6.67. The summed E-state index contributed by atoms with van der Waals surface area (Å²) in [6.07, 6.45) is 1.22. The second-order valence-corrected chi connectivity index (χ2v) is 5.63. The first-order valence-corrected chi connectivity index (χ1v) is 5.78. The van der Waals surface area contributed by atoms with Crippen LogP contribution < -0.4 is 0 Å². The molecule has 0 atom stereocenters. The standard InChI is InChI=1S/C11H12Cl3O/c12-11(13,14)7-4-8-15-9-10-5-2-1-3-6-10/h1-3,5-6,9H,4,7-8H2. The minimum atomic E-state index is -1.17. The lowest BCUT2D eigenvalue weighted by atomic mass is 10.2. The van der Waals surface area contributed by atoms with Gasteiger partial charge in [0.05, 0.1) is 0 Å². The Morgan fingerprint density at radius 3 is 2.40 bits per heavy atom. The lowest BCUT2D eigenvalue weighted by Gasteiger charge is -2.09. The summed E-state index contributed by atoms with van der Waals surface area (Å²) in [6, 6.07) is 9.80. The van der Waals surface area contributed by atoms with Crippen molar-refractivity contribution >= 4 is 34.8 Å². The van der Waals surface area contributed by atoms with E-state index in [1.807, 2.05) is 30.3 Å². The van der Waals surface area contributed by atoms with Gasteiger partial charge in [0.1, 0.15) is 6.61 Å². The highest BCUT2D eigenvalue weighted by atomic mass is 35.6. The molecule has 0 saturated heterocycles. The van der Waals surface area contributed by atoms with E-state index in [1.165, 1.54) is 0 Å². The Labute approximate surface area is 105 Å². The van der Waals surface area contributed by atoms with E-state index in [4.69, 9.17) is 39.5 Å². The van der Waals surface area contributed by atoms with Gasteiger partial charge >= 0.3 is 0 Å². The average Bonchev–Trinajstić information content (AvgIpc) is 2.17. The van der Waals surface area contributed by atoms with E-state index in [2.05, 4.69) is 0 Å². The van der Waals surface area contributed by atoms with Gasteiger partial charge in [0, 0.05) is 6.61 Å². The van der Waals surface area contributed by atoms with Crippen LogP contribution in [0.15, 0.2) is 30.3 Å². The van der Waals surface area contributed by atoms with Gasteiger partial charge in [-0.25, -0.2) is 0 Å². The zero-order valence-electron chi connectivity index (χ0n) is 8.13. The third kappa shape index (κ3) is 7.02. The molecule has 0 fully saturated rings. The number of ether oxygens (including phenoxy) is 1. The molecule has 0 N–H and O–H groups in total. The summed E-state index contributed by atoms with van der Waals surface area (Å²) in [4.78, 5) is 0. The van der Waals surface area contributed by atoms with Crippen LogP contribution in [0.25, 0.3) is 0 Å². The van der Waals surface area contributed by atoms with Crippen LogP contribution in [0.1, 0.15) is 18.4 Å². The molecule has 0 aromatic heterocycles. The summed E-state index contributed by atoms with van der Waals surface area (Å²) in [5, 5.41) is 0. The largest absolute Gasteiger partial charge is 0.370 e. The summed E-state index contributed by atoms with van der Waals surface area (Å²) in [5.74, 6) is 0. The Kier molecular flexibility index (Phi) is 5.77. The van der Waals surface area contributed by atoms with Crippen molar-refractivity contribution in [3.63, 3.8) is 0 Å². The van der Waals surface area contributed by atoms with Crippen molar-refractivity contribution in [2.45, 2.75) is 16.6 Å². The SMILES string of the molecule is ClC(Cl)(Cl)CCCO[CH]c1ccccc1. The number of rotatable bonds is 5. The fourth-order valence-corrected chi connectivity index (χ4v) is 1.44. The predicted octanol–water partition coefficient (Wildman–Crippen LogP) is 4.36. The molecule has 4 heteroatoms. The van der Waals surface area contributed by atoms with Crippen LogP contribution in [0.3, 0.4) is 0 Å². The quantitative estimate of drug-likeness (QED) is 0.568. The van der Waals surface area contributed by atoms with E-state index in [9.17, 15) is 0 Å². The first kappa shape index (κ1) is 13.1. The second kappa shape index (κ2) is 6.59. The van der Waals surface area contributed by atoms with Gasteiger partial charge in [-0.2, -0.15) is 0 Å². The van der Waals surface area contributed by atoms with Crippen LogP contribution in [-0.2, 0) is 4.74 Å². The molecule has 1 aromatic carbocycles. The Balaban J connectivity index is 2.08. The summed E-state index contributed by atoms with van der Waals surface area (Å²) >= 11 is 16.8. The van der Waals surface area contributed by atoms with E-state index in [-0.39, 0.29) is 0 Å². The van der Waals surface area contributed by atoms with Crippen LogP contribution >= 0.6 is 34.8 Å². The molecule has 1 rings (SSSR count). The van der Waals surface area contributed by atoms with Crippen LogP contribution in [-0.4, -0.2) is 10.4 Å². The summed E-state index contributed by atoms with van der Waals surface area (Å²) < 4.78 is 4.14. The van der Waals surface area contributed by atoms with E-state index >= 15 is 0 Å². The minimum Gasteiger partial charge on any atom is -0.370 e. The van der Waals surface area contributed by atoms with Crippen molar-refractivity contribution in [3.05, 3.63) is 42.5 Å². The summed E-state index contributed by atoms with van der Waals surface area (Å²) in [6.45, 7) is 2.27. The molecule has 0 unspecified atom stereocenters. The molecule has 1 radical (unpaired) electrons. The molecule has 0 aliphatic rings. The fourth-order valence-electron chi connectivity index (χ4n) is 1.04. The van der Waals surface area contributed by atoms with Crippen molar-refractivity contribution in [1.29, 1.82) is 0 Å². The van der Waals surface area contributed by atoms with Crippen molar-refractivity contribution in [2.75, 3.05) is 6.61 Å². The molecule has 0 bridgehead atoms. The molecule has 0 amide bonds. The third-order valence-corrected chi connectivity index (χ3v) is 2.31. The number of hydrogen-bond donors (Lipinski definition) is 0. The van der Waals surface area contributed by atoms with E-state index < -0.39 is 3.79 Å². The van der Waals surface area contributed by atoms with Crippen LogP contribution in [0.2, 0.25) is 0 Å². The lowest BCUT2D eigenvalue weighted by molar-refractivity contribution is 0.206. The summed E-state index contributed by atoms with van der Waals surface area (Å²) in [7, 11) is 0. The maximum atomic E-state index is 5.59. The zero-order chi connectivity index (χ0) is 11.1. The van der Waals surface area contributed by atoms with Gasteiger partial charge in [-0.15, -0.1) is 0 Å². The van der Waals surface area contributed by atoms with Gasteiger partial charge < -0.3 is 4.74 Å². The lowest BCUT2D eigenvalue weighted by Crippen LogP contribution is -2.04.